The van der Waals surface area contributed by atoms with Crippen LogP contribution >= 0.6 is 0 Å². The molecule has 0 atom stereocenters. The summed E-state index contributed by atoms with van der Waals surface area (Å²) >= 11 is 0. The van der Waals surface area contributed by atoms with E-state index < -0.39 is 0 Å². The van der Waals surface area contributed by atoms with Gasteiger partial charge in [0.25, 0.3) is 0 Å². The summed E-state index contributed by atoms with van der Waals surface area (Å²) in [5, 5.41) is 18.3. The van der Waals surface area contributed by atoms with Gasteiger partial charge in [-0.3, -0.25) is 5.41 Å². The zero-order chi connectivity index (χ0) is 9.84. The highest BCUT2D eigenvalue weighted by Gasteiger charge is 1.99. The van der Waals surface area contributed by atoms with Gasteiger partial charge in [-0.25, -0.2) is 0 Å². The molecule has 0 heterocycles. The molecule has 0 aromatic heterocycles. The Labute approximate surface area is 75.2 Å². The van der Waals surface area contributed by atoms with Gasteiger partial charge in [0.1, 0.15) is 5.84 Å². The Bertz CT molecular complexity index is 342. The van der Waals surface area contributed by atoms with Gasteiger partial charge in [-0.05, 0) is 0 Å². The van der Waals surface area contributed by atoms with Crippen molar-refractivity contribution in [2.24, 2.45) is 16.6 Å². The molecule has 1 rings (SSSR count). The molecular formula is C8H10N4O. The molecule has 1 aromatic rings. The van der Waals surface area contributed by atoms with Crippen LogP contribution in [0.3, 0.4) is 0 Å². The van der Waals surface area contributed by atoms with Crippen molar-refractivity contribution in [1.29, 1.82) is 5.41 Å². The number of oxime groups is 1. The molecule has 0 spiro atoms. The van der Waals surface area contributed by atoms with E-state index in [1.165, 1.54) is 0 Å². The quantitative estimate of drug-likeness (QED) is 0.222. The van der Waals surface area contributed by atoms with Gasteiger partial charge < -0.3 is 16.7 Å². The van der Waals surface area contributed by atoms with E-state index >= 15 is 0 Å². The topological polar surface area (TPSA) is 108 Å². The van der Waals surface area contributed by atoms with Crippen LogP contribution in [-0.4, -0.2) is 16.9 Å². The zero-order valence-electron chi connectivity index (χ0n) is 6.86. The number of nitrogens with two attached hydrogens (primary N) is 2. The Kier molecular flexibility index (Phi) is 2.49. The van der Waals surface area contributed by atoms with E-state index in [1.807, 2.05) is 0 Å². The molecule has 0 aliphatic rings. The predicted molar refractivity (Wildman–Crippen MR) is 50.0 cm³/mol. The van der Waals surface area contributed by atoms with Crippen LogP contribution in [0.15, 0.2) is 29.4 Å². The fourth-order valence-corrected chi connectivity index (χ4v) is 0.878. The number of hydrogen-bond donors (Lipinski definition) is 4. The van der Waals surface area contributed by atoms with E-state index in [2.05, 4.69) is 5.16 Å². The van der Waals surface area contributed by atoms with Crippen molar-refractivity contribution in [3.05, 3.63) is 35.4 Å². The second kappa shape index (κ2) is 3.57. The Balaban J connectivity index is 3.00. The third kappa shape index (κ3) is 1.96. The lowest BCUT2D eigenvalue weighted by Gasteiger charge is -2.00. The molecule has 5 heteroatoms. The van der Waals surface area contributed by atoms with Crippen molar-refractivity contribution < 1.29 is 5.21 Å². The van der Waals surface area contributed by atoms with Gasteiger partial charge in [-0.2, -0.15) is 0 Å². The van der Waals surface area contributed by atoms with Crippen LogP contribution in [-0.2, 0) is 0 Å². The fraction of sp³-hybridized carbons (Fsp3) is 0. The lowest BCUT2D eigenvalue weighted by Crippen LogP contribution is -2.14. The zero-order valence-corrected chi connectivity index (χ0v) is 6.86. The molecule has 0 bridgehead atoms. The number of nitrogens with one attached hydrogen (secondary N) is 1. The first kappa shape index (κ1) is 9.05. The van der Waals surface area contributed by atoms with Crippen molar-refractivity contribution in [2.45, 2.75) is 0 Å². The largest absolute Gasteiger partial charge is 0.409 e. The standard InChI is InChI=1S/C8H10N4O/c9-7(10)5-1-3-6(4-2-5)8(11)12-13/h1-4,13H,(H3,9,10)(H2,11,12). The van der Waals surface area contributed by atoms with Crippen LogP contribution in [0.4, 0.5) is 0 Å². The molecule has 0 saturated carbocycles. The Morgan fingerprint density at radius 3 is 2.00 bits per heavy atom. The number of amidine groups is 2. The monoisotopic (exact) mass is 178 g/mol. The predicted octanol–water partition coefficient (Wildman–Crippen LogP) is 0.0652. The molecule has 0 aliphatic carbocycles. The first-order valence-electron chi connectivity index (χ1n) is 3.57. The number of rotatable bonds is 2. The van der Waals surface area contributed by atoms with Gasteiger partial charge in [-0.15, -0.1) is 0 Å². The minimum Gasteiger partial charge on any atom is -0.409 e. The molecule has 0 fully saturated rings. The Morgan fingerprint density at radius 2 is 1.62 bits per heavy atom. The number of hydrogen-bond acceptors (Lipinski definition) is 3. The maximum absolute atomic E-state index is 8.36. The second-order valence-electron chi connectivity index (χ2n) is 2.48. The normalized spacial score (nSPS) is 11.2. The van der Waals surface area contributed by atoms with Gasteiger partial charge in [0.15, 0.2) is 5.84 Å². The van der Waals surface area contributed by atoms with E-state index in [4.69, 9.17) is 22.1 Å². The van der Waals surface area contributed by atoms with Crippen LogP contribution in [0.2, 0.25) is 0 Å². The fourth-order valence-electron chi connectivity index (χ4n) is 0.878. The van der Waals surface area contributed by atoms with Crippen molar-refractivity contribution in [3.63, 3.8) is 0 Å². The smallest absolute Gasteiger partial charge is 0.170 e. The van der Waals surface area contributed by atoms with Crippen molar-refractivity contribution in [3.8, 4) is 0 Å². The third-order valence-corrected chi connectivity index (χ3v) is 1.60. The minimum absolute atomic E-state index is 0.00828. The third-order valence-electron chi connectivity index (χ3n) is 1.60. The van der Waals surface area contributed by atoms with Gasteiger partial charge in [0.2, 0.25) is 0 Å². The van der Waals surface area contributed by atoms with Crippen LogP contribution in [0.1, 0.15) is 11.1 Å². The summed E-state index contributed by atoms with van der Waals surface area (Å²) in [5.74, 6) is 0.0289. The Morgan fingerprint density at radius 1 is 1.15 bits per heavy atom. The molecule has 0 amide bonds. The molecular weight excluding hydrogens is 168 g/mol. The number of benzene rings is 1. The summed E-state index contributed by atoms with van der Waals surface area (Å²) in [4.78, 5) is 0. The highest BCUT2D eigenvalue weighted by molar-refractivity contribution is 5.99. The summed E-state index contributed by atoms with van der Waals surface area (Å²) < 4.78 is 0. The van der Waals surface area contributed by atoms with E-state index in [1.54, 1.807) is 24.3 Å². The molecule has 68 valence electrons. The van der Waals surface area contributed by atoms with Crippen LogP contribution in [0.25, 0.3) is 0 Å². The lowest BCUT2D eigenvalue weighted by atomic mass is 10.1. The molecule has 5 nitrogen and oxygen atoms in total. The summed E-state index contributed by atoms with van der Waals surface area (Å²) in [6, 6.07) is 6.53. The molecule has 0 radical (unpaired) electrons. The molecule has 0 unspecified atom stereocenters. The average Bonchev–Trinajstić information content (AvgIpc) is 2.17. The summed E-state index contributed by atoms with van der Waals surface area (Å²) in [6.45, 7) is 0. The highest BCUT2D eigenvalue weighted by atomic mass is 16.4. The maximum atomic E-state index is 8.36. The highest BCUT2D eigenvalue weighted by Crippen LogP contribution is 2.02. The van der Waals surface area contributed by atoms with E-state index in [0.29, 0.717) is 11.1 Å². The molecule has 0 aliphatic heterocycles. The Hall–Kier alpha value is -2.04. The number of nitrogen functional groups attached to an aromatic ring is 1. The first-order chi connectivity index (χ1) is 6.15. The minimum atomic E-state index is -0.00828. The van der Waals surface area contributed by atoms with Crippen LogP contribution < -0.4 is 11.5 Å². The van der Waals surface area contributed by atoms with E-state index in [0.717, 1.165) is 0 Å². The number of nitrogens with zero attached hydrogens (tertiary/aromatic N) is 1. The van der Waals surface area contributed by atoms with E-state index in [-0.39, 0.29) is 11.7 Å². The molecule has 0 saturated heterocycles. The van der Waals surface area contributed by atoms with Crippen molar-refractivity contribution >= 4 is 11.7 Å². The molecule has 13 heavy (non-hydrogen) atoms. The lowest BCUT2D eigenvalue weighted by molar-refractivity contribution is 0.318. The molecule has 1 aromatic carbocycles. The van der Waals surface area contributed by atoms with Gasteiger partial charge in [0.05, 0.1) is 0 Å². The summed E-state index contributed by atoms with van der Waals surface area (Å²) in [7, 11) is 0. The second-order valence-corrected chi connectivity index (χ2v) is 2.48. The maximum Gasteiger partial charge on any atom is 0.170 e. The van der Waals surface area contributed by atoms with Gasteiger partial charge in [-0.1, -0.05) is 29.4 Å². The summed E-state index contributed by atoms with van der Waals surface area (Å²) in [6.07, 6.45) is 0. The first-order valence-corrected chi connectivity index (χ1v) is 3.57. The SMILES string of the molecule is N=C(N)c1ccc(C(N)=NO)cc1. The van der Waals surface area contributed by atoms with Crippen molar-refractivity contribution in [1.82, 2.24) is 0 Å². The van der Waals surface area contributed by atoms with Crippen molar-refractivity contribution in [2.75, 3.05) is 0 Å². The summed E-state index contributed by atoms with van der Waals surface area (Å²) in [5.41, 5.74) is 11.8. The van der Waals surface area contributed by atoms with Crippen LogP contribution in [0, 0.1) is 5.41 Å². The van der Waals surface area contributed by atoms with Gasteiger partial charge >= 0.3 is 0 Å². The average molecular weight is 178 g/mol. The van der Waals surface area contributed by atoms with Crippen LogP contribution in [0.5, 0.6) is 0 Å². The van der Waals surface area contributed by atoms with Gasteiger partial charge in [0, 0.05) is 11.1 Å². The molecule has 6 N–H and O–H groups in total. The van der Waals surface area contributed by atoms with E-state index in [9.17, 15) is 0 Å².